The Labute approximate surface area is 174 Å². The quantitative estimate of drug-likeness (QED) is 0.664. The third-order valence-corrected chi connectivity index (χ3v) is 6.14. The van der Waals surface area contributed by atoms with Crippen molar-refractivity contribution in [2.75, 3.05) is 18.5 Å². The molecule has 0 unspecified atom stereocenters. The zero-order valence-electron chi connectivity index (χ0n) is 16.3. The van der Waals surface area contributed by atoms with Gasteiger partial charge in [0.1, 0.15) is 10.8 Å². The van der Waals surface area contributed by atoms with Crippen molar-refractivity contribution in [1.29, 1.82) is 0 Å². The second-order valence-electron chi connectivity index (χ2n) is 7.02. The molecular weight excluding hydrogens is 398 g/mol. The number of nitrogens with one attached hydrogen (secondary N) is 1. The van der Waals surface area contributed by atoms with E-state index in [1.807, 2.05) is 6.92 Å². The number of esters is 1. The van der Waals surface area contributed by atoms with Crippen molar-refractivity contribution in [2.45, 2.75) is 40.0 Å². The Morgan fingerprint density at radius 3 is 2.86 bits per heavy atom. The largest absolute Gasteiger partial charge is 0.483 e. The third kappa shape index (κ3) is 4.67. The van der Waals surface area contributed by atoms with Crippen molar-refractivity contribution in [3.63, 3.8) is 0 Å². The molecule has 7 heteroatoms. The number of thiophene rings is 1. The van der Waals surface area contributed by atoms with Gasteiger partial charge in [-0.05, 0) is 68.4 Å². The van der Waals surface area contributed by atoms with Gasteiger partial charge in [0.05, 0.1) is 12.2 Å². The lowest BCUT2D eigenvalue weighted by Gasteiger charge is -2.18. The first-order valence-corrected chi connectivity index (χ1v) is 10.6. The number of aryl methyl sites for hydroxylation is 1. The number of carbonyl (C=O) groups is 2. The number of hydrogen-bond acceptors (Lipinski definition) is 5. The molecule has 0 saturated carbocycles. The molecule has 0 aliphatic heterocycles. The Kier molecular flexibility index (Phi) is 6.62. The van der Waals surface area contributed by atoms with Crippen LogP contribution in [0.15, 0.2) is 18.2 Å². The first-order valence-electron chi connectivity index (χ1n) is 9.39. The lowest BCUT2D eigenvalue weighted by Crippen LogP contribution is -2.21. The second kappa shape index (κ2) is 8.97. The molecule has 0 saturated heterocycles. The summed E-state index contributed by atoms with van der Waals surface area (Å²) in [5, 5.41) is 4.02. The molecule has 28 heavy (non-hydrogen) atoms. The molecule has 1 N–H and O–H groups in total. The van der Waals surface area contributed by atoms with Gasteiger partial charge in [0.2, 0.25) is 0 Å². The second-order valence-corrected chi connectivity index (χ2v) is 8.56. The number of ether oxygens (including phenoxy) is 2. The van der Waals surface area contributed by atoms with Gasteiger partial charge in [-0.3, -0.25) is 4.79 Å². The summed E-state index contributed by atoms with van der Waals surface area (Å²) in [6.07, 6.45) is 2.78. The van der Waals surface area contributed by atoms with E-state index in [-0.39, 0.29) is 18.5 Å². The molecule has 0 radical (unpaired) electrons. The zero-order valence-corrected chi connectivity index (χ0v) is 17.8. The van der Waals surface area contributed by atoms with Crippen LogP contribution in [0.5, 0.6) is 5.75 Å². The SMILES string of the molecule is CCOC(=O)c1c(NC(=O)COc2ccc(Cl)cc2C)sc2c1CC[C@H](C)C2. The molecule has 1 atom stereocenters. The van der Waals surface area contributed by atoms with Crippen LogP contribution < -0.4 is 10.1 Å². The van der Waals surface area contributed by atoms with Crippen molar-refractivity contribution in [2.24, 2.45) is 5.92 Å². The maximum absolute atomic E-state index is 12.5. The Balaban J connectivity index is 1.75. The molecule has 0 spiro atoms. The van der Waals surface area contributed by atoms with Crippen LogP contribution in [0.25, 0.3) is 0 Å². The Bertz CT molecular complexity index is 893. The minimum Gasteiger partial charge on any atom is -0.483 e. The van der Waals surface area contributed by atoms with Gasteiger partial charge in [0.15, 0.2) is 6.61 Å². The summed E-state index contributed by atoms with van der Waals surface area (Å²) >= 11 is 7.41. The van der Waals surface area contributed by atoms with Crippen molar-refractivity contribution in [1.82, 2.24) is 0 Å². The predicted molar refractivity (Wildman–Crippen MR) is 112 cm³/mol. The van der Waals surface area contributed by atoms with Crippen LogP contribution in [0.3, 0.4) is 0 Å². The van der Waals surface area contributed by atoms with E-state index in [0.29, 0.717) is 33.9 Å². The van der Waals surface area contributed by atoms with Gasteiger partial charge < -0.3 is 14.8 Å². The molecule has 1 aromatic carbocycles. The minimum atomic E-state index is -0.376. The monoisotopic (exact) mass is 421 g/mol. The number of benzene rings is 1. The number of fused-ring (bicyclic) bond motifs is 1. The molecule has 1 aliphatic carbocycles. The molecule has 0 bridgehead atoms. The number of hydrogen-bond donors (Lipinski definition) is 1. The highest BCUT2D eigenvalue weighted by Gasteiger charge is 2.29. The molecule has 5 nitrogen and oxygen atoms in total. The number of amides is 1. The fraction of sp³-hybridized carbons (Fsp3) is 0.429. The summed E-state index contributed by atoms with van der Waals surface area (Å²) in [6, 6.07) is 5.23. The van der Waals surface area contributed by atoms with E-state index in [1.54, 1.807) is 25.1 Å². The maximum Gasteiger partial charge on any atom is 0.341 e. The summed E-state index contributed by atoms with van der Waals surface area (Å²) in [5.74, 6) is 0.483. The summed E-state index contributed by atoms with van der Waals surface area (Å²) in [6.45, 7) is 5.99. The van der Waals surface area contributed by atoms with Crippen LogP contribution in [0.1, 0.15) is 46.6 Å². The molecule has 1 aliphatic rings. The third-order valence-electron chi connectivity index (χ3n) is 4.74. The lowest BCUT2D eigenvalue weighted by molar-refractivity contribution is -0.118. The Hall–Kier alpha value is -2.05. The zero-order chi connectivity index (χ0) is 20.3. The Morgan fingerprint density at radius 2 is 2.14 bits per heavy atom. The molecule has 0 fully saturated rings. The van der Waals surface area contributed by atoms with Crippen LogP contribution in [0.2, 0.25) is 5.02 Å². The minimum absolute atomic E-state index is 0.149. The van der Waals surface area contributed by atoms with Crippen molar-refractivity contribution in [3.8, 4) is 5.75 Å². The average Bonchev–Trinajstić information content (AvgIpc) is 2.97. The first-order chi connectivity index (χ1) is 13.4. The smallest absolute Gasteiger partial charge is 0.341 e. The van der Waals surface area contributed by atoms with Crippen LogP contribution in [-0.4, -0.2) is 25.1 Å². The van der Waals surface area contributed by atoms with Crippen LogP contribution in [-0.2, 0) is 22.4 Å². The van der Waals surface area contributed by atoms with Gasteiger partial charge in [-0.25, -0.2) is 4.79 Å². The fourth-order valence-electron chi connectivity index (χ4n) is 3.34. The number of carbonyl (C=O) groups excluding carboxylic acids is 2. The molecule has 2 aromatic rings. The van der Waals surface area contributed by atoms with Crippen LogP contribution >= 0.6 is 22.9 Å². The van der Waals surface area contributed by atoms with E-state index >= 15 is 0 Å². The Morgan fingerprint density at radius 1 is 1.36 bits per heavy atom. The predicted octanol–water partition coefficient (Wildman–Crippen LogP) is 5.03. The van der Waals surface area contributed by atoms with E-state index in [9.17, 15) is 9.59 Å². The van der Waals surface area contributed by atoms with Crippen molar-refractivity contribution < 1.29 is 19.1 Å². The number of halogens is 1. The van der Waals surface area contributed by atoms with E-state index in [1.165, 1.54) is 11.3 Å². The highest BCUT2D eigenvalue weighted by atomic mass is 35.5. The molecule has 150 valence electrons. The average molecular weight is 422 g/mol. The molecule has 1 heterocycles. The van der Waals surface area contributed by atoms with Gasteiger partial charge in [-0.1, -0.05) is 18.5 Å². The lowest BCUT2D eigenvalue weighted by atomic mass is 9.88. The fourth-order valence-corrected chi connectivity index (χ4v) is 4.98. The highest BCUT2D eigenvalue weighted by molar-refractivity contribution is 7.17. The van der Waals surface area contributed by atoms with Crippen LogP contribution in [0, 0.1) is 12.8 Å². The van der Waals surface area contributed by atoms with Crippen molar-refractivity contribution in [3.05, 3.63) is 44.8 Å². The van der Waals surface area contributed by atoms with Gasteiger partial charge in [-0.2, -0.15) is 0 Å². The molecular formula is C21H24ClNO4S. The normalized spacial score (nSPS) is 15.6. The molecule has 3 rings (SSSR count). The van der Waals surface area contributed by atoms with Gasteiger partial charge >= 0.3 is 5.97 Å². The van der Waals surface area contributed by atoms with E-state index in [2.05, 4.69) is 12.2 Å². The van der Waals surface area contributed by atoms with E-state index in [0.717, 1.165) is 35.3 Å². The van der Waals surface area contributed by atoms with E-state index in [4.69, 9.17) is 21.1 Å². The maximum atomic E-state index is 12.5. The highest BCUT2D eigenvalue weighted by Crippen LogP contribution is 2.40. The molecule has 1 amide bonds. The van der Waals surface area contributed by atoms with Gasteiger partial charge in [0.25, 0.3) is 5.91 Å². The van der Waals surface area contributed by atoms with Crippen molar-refractivity contribution >= 4 is 39.8 Å². The van der Waals surface area contributed by atoms with Gasteiger partial charge in [-0.15, -0.1) is 11.3 Å². The van der Waals surface area contributed by atoms with Gasteiger partial charge in [0, 0.05) is 9.90 Å². The molecule has 1 aromatic heterocycles. The standard InChI is InChI=1S/C21H24ClNO4S/c1-4-26-21(25)19-15-7-5-12(2)9-17(15)28-20(19)23-18(24)11-27-16-8-6-14(22)10-13(16)3/h6,8,10,12H,4-5,7,9,11H2,1-3H3,(H,23,24)/t12-/m0/s1. The first kappa shape index (κ1) is 20.7. The number of anilines is 1. The van der Waals surface area contributed by atoms with E-state index < -0.39 is 0 Å². The van der Waals surface area contributed by atoms with Crippen LogP contribution in [0.4, 0.5) is 5.00 Å². The summed E-state index contributed by atoms with van der Waals surface area (Å²) in [5.41, 5.74) is 2.38. The summed E-state index contributed by atoms with van der Waals surface area (Å²) in [7, 11) is 0. The topological polar surface area (TPSA) is 64.6 Å². The number of rotatable bonds is 6. The summed E-state index contributed by atoms with van der Waals surface area (Å²) < 4.78 is 10.8. The summed E-state index contributed by atoms with van der Waals surface area (Å²) in [4.78, 5) is 26.1.